The van der Waals surface area contributed by atoms with Gasteiger partial charge in [-0.3, -0.25) is 4.79 Å². The highest BCUT2D eigenvalue weighted by molar-refractivity contribution is 5.85. The van der Waals surface area contributed by atoms with E-state index >= 15 is 0 Å². The Bertz CT molecular complexity index is 637. The number of amides is 1. The van der Waals surface area contributed by atoms with E-state index in [0.717, 1.165) is 5.56 Å². The topological polar surface area (TPSA) is 84.6 Å². The fourth-order valence-corrected chi connectivity index (χ4v) is 2.35. The molecule has 130 valence electrons. The van der Waals surface area contributed by atoms with Gasteiger partial charge in [-0.1, -0.05) is 48.5 Å². The molecule has 2 aromatic carbocycles. The Balaban J connectivity index is 0.00000288. The van der Waals surface area contributed by atoms with Crippen molar-refractivity contribution in [2.24, 2.45) is 5.73 Å². The van der Waals surface area contributed by atoms with E-state index in [9.17, 15) is 9.90 Å². The van der Waals surface area contributed by atoms with E-state index in [-0.39, 0.29) is 37.3 Å². The van der Waals surface area contributed by atoms with Gasteiger partial charge in [-0.05, 0) is 11.6 Å². The zero-order valence-corrected chi connectivity index (χ0v) is 14.3. The second kappa shape index (κ2) is 9.93. The molecule has 0 bridgehead atoms. The quantitative estimate of drug-likeness (QED) is 0.715. The van der Waals surface area contributed by atoms with Gasteiger partial charge < -0.3 is 20.9 Å². The molecule has 5 nitrogen and oxygen atoms in total. The monoisotopic (exact) mass is 350 g/mol. The lowest BCUT2D eigenvalue weighted by molar-refractivity contribution is -0.121. The van der Waals surface area contributed by atoms with Gasteiger partial charge in [-0.2, -0.15) is 0 Å². The summed E-state index contributed by atoms with van der Waals surface area (Å²) in [6.07, 6.45) is -0.661. The normalized spacial score (nSPS) is 12.6. The number of carbonyl (C=O) groups is 1. The minimum absolute atomic E-state index is 0. The van der Waals surface area contributed by atoms with Gasteiger partial charge in [-0.25, -0.2) is 0 Å². The Morgan fingerprint density at radius 1 is 1.17 bits per heavy atom. The number of nitrogens with two attached hydrogens (primary N) is 1. The summed E-state index contributed by atoms with van der Waals surface area (Å²) >= 11 is 0. The third-order valence-corrected chi connectivity index (χ3v) is 3.62. The van der Waals surface area contributed by atoms with Crippen molar-refractivity contribution in [2.75, 3.05) is 13.7 Å². The van der Waals surface area contributed by atoms with Crippen LogP contribution >= 0.6 is 12.4 Å². The summed E-state index contributed by atoms with van der Waals surface area (Å²) in [6.45, 7) is 0.112. The first-order chi connectivity index (χ1) is 11.1. The number of carbonyl (C=O) groups excluding carboxylic acids is 1. The summed E-state index contributed by atoms with van der Waals surface area (Å²) < 4.78 is 5.20. The molecular formula is C18H23ClN2O3. The molecule has 24 heavy (non-hydrogen) atoms. The Hall–Kier alpha value is -2.08. The summed E-state index contributed by atoms with van der Waals surface area (Å²) in [7, 11) is 1.54. The molecule has 0 spiro atoms. The van der Waals surface area contributed by atoms with Crippen molar-refractivity contribution >= 4 is 18.3 Å². The van der Waals surface area contributed by atoms with Crippen LogP contribution in [-0.2, 0) is 4.79 Å². The van der Waals surface area contributed by atoms with E-state index < -0.39 is 6.10 Å². The maximum atomic E-state index is 12.0. The van der Waals surface area contributed by atoms with Crippen molar-refractivity contribution in [1.82, 2.24) is 5.32 Å². The van der Waals surface area contributed by atoms with E-state index in [2.05, 4.69) is 5.32 Å². The number of para-hydroxylation sites is 1. The van der Waals surface area contributed by atoms with Crippen LogP contribution in [0.3, 0.4) is 0 Å². The molecule has 2 unspecified atom stereocenters. The first-order valence-electron chi connectivity index (χ1n) is 7.50. The number of hydrogen-bond donors (Lipinski definition) is 3. The molecule has 0 aromatic heterocycles. The maximum absolute atomic E-state index is 12.0. The molecule has 0 radical (unpaired) electrons. The second-order valence-corrected chi connectivity index (χ2v) is 5.28. The van der Waals surface area contributed by atoms with Gasteiger partial charge in [0.2, 0.25) is 5.91 Å². The summed E-state index contributed by atoms with van der Waals surface area (Å²) in [5.74, 6) is 0.394. The van der Waals surface area contributed by atoms with Gasteiger partial charge in [0.25, 0.3) is 0 Å². The van der Waals surface area contributed by atoms with Crippen molar-refractivity contribution in [3.63, 3.8) is 0 Å². The molecule has 0 saturated carbocycles. The van der Waals surface area contributed by atoms with Crippen LogP contribution in [0.25, 0.3) is 0 Å². The molecule has 4 N–H and O–H groups in total. The Labute approximate surface area is 148 Å². The zero-order valence-electron chi connectivity index (χ0n) is 13.5. The van der Waals surface area contributed by atoms with Crippen LogP contribution in [0.5, 0.6) is 5.75 Å². The Morgan fingerprint density at radius 3 is 2.46 bits per heavy atom. The first kappa shape index (κ1) is 20.0. The van der Waals surface area contributed by atoms with Gasteiger partial charge >= 0.3 is 0 Å². The molecule has 0 fully saturated rings. The molecule has 1 amide bonds. The van der Waals surface area contributed by atoms with Crippen LogP contribution in [0.2, 0.25) is 0 Å². The van der Waals surface area contributed by atoms with E-state index in [4.69, 9.17) is 10.5 Å². The predicted molar refractivity (Wildman–Crippen MR) is 96.2 cm³/mol. The summed E-state index contributed by atoms with van der Waals surface area (Å²) in [5.41, 5.74) is 7.57. The molecule has 0 heterocycles. The number of ether oxygens (including phenoxy) is 1. The minimum atomic E-state index is -0.831. The van der Waals surface area contributed by atoms with Gasteiger partial charge in [0.05, 0.1) is 13.2 Å². The fourth-order valence-electron chi connectivity index (χ4n) is 2.35. The van der Waals surface area contributed by atoms with Crippen LogP contribution in [0.4, 0.5) is 0 Å². The van der Waals surface area contributed by atoms with Crippen LogP contribution < -0.4 is 15.8 Å². The fraction of sp³-hybridized carbons (Fsp3) is 0.278. The average Bonchev–Trinajstić information content (AvgIpc) is 2.60. The third kappa shape index (κ3) is 5.53. The number of halogens is 1. The Kier molecular flexibility index (Phi) is 8.26. The van der Waals surface area contributed by atoms with Crippen molar-refractivity contribution in [3.8, 4) is 5.75 Å². The highest BCUT2D eigenvalue weighted by atomic mass is 35.5. The van der Waals surface area contributed by atoms with E-state index in [1.54, 1.807) is 19.2 Å². The molecule has 0 aliphatic heterocycles. The van der Waals surface area contributed by atoms with E-state index in [1.165, 1.54) is 0 Å². The van der Waals surface area contributed by atoms with Crippen LogP contribution in [0.1, 0.15) is 29.7 Å². The smallest absolute Gasteiger partial charge is 0.222 e. The highest BCUT2D eigenvalue weighted by Crippen LogP contribution is 2.24. The first-order valence-corrected chi connectivity index (χ1v) is 7.50. The minimum Gasteiger partial charge on any atom is -0.496 e. The van der Waals surface area contributed by atoms with Crippen molar-refractivity contribution in [3.05, 3.63) is 65.7 Å². The standard InChI is InChI=1S/C18H22N2O3.ClH/c1-23-17-10-6-5-9-14(17)16(21)12-20-18(22)11-15(19)13-7-3-2-4-8-13;/h2-10,15-16,21H,11-12,19H2,1H3,(H,20,22);1H. The van der Waals surface area contributed by atoms with Gasteiger partial charge in [0, 0.05) is 24.6 Å². The second-order valence-electron chi connectivity index (χ2n) is 5.28. The van der Waals surface area contributed by atoms with Crippen LogP contribution in [0, 0.1) is 0 Å². The number of hydrogen-bond acceptors (Lipinski definition) is 4. The van der Waals surface area contributed by atoms with Gasteiger partial charge in [0.15, 0.2) is 0 Å². The number of rotatable bonds is 7. The predicted octanol–water partition coefficient (Wildman–Crippen LogP) is 2.36. The molecule has 0 aliphatic rings. The molecule has 0 saturated heterocycles. The molecular weight excluding hydrogens is 328 g/mol. The third-order valence-electron chi connectivity index (χ3n) is 3.62. The van der Waals surface area contributed by atoms with Crippen LogP contribution in [0.15, 0.2) is 54.6 Å². The average molecular weight is 351 g/mol. The highest BCUT2D eigenvalue weighted by Gasteiger charge is 2.15. The van der Waals surface area contributed by atoms with Crippen molar-refractivity contribution in [1.29, 1.82) is 0 Å². The Morgan fingerprint density at radius 2 is 1.79 bits per heavy atom. The van der Waals surface area contributed by atoms with E-state index in [1.807, 2.05) is 42.5 Å². The lowest BCUT2D eigenvalue weighted by atomic mass is 10.0. The largest absolute Gasteiger partial charge is 0.496 e. The number of aliphatic hydroxyl groups is 1. The van der Waals surface area contributed by atoms with Gasteiger partial charge in [0.1, 0.15) is 5.75 Å². The van der Waals surface area contributed by atoms with Crippen molar-refractivity contribution in [2.45, 2.75) is 18.6 Å². The number of nitrogens with one attached hydrogen (secondary N) is 1. The molecule has 6 heteroatoms. The summed E-state index contributed by atoms with van der Waals surface area (Å²) in [5, 5.41) is 12.9. The molecule has 2 rings (SSSR count). The summed E-state index contributed by atoms with van der Waals surface area (Å²) in [4.78, 5) is 12.0. The van der Waals surface area contributed by atoms with Gasteiger partial charge in [-0.15, -0.1) is 12.4 Å². The SMILES string of the molecule is COc1ccccc1C(O)CNC(=O)CC(N)c1ccccc1.Cl. The maximum Gasteiger partial charge on any atom is 0.222 e. The van der Waals surface area contributed by atoms with Crippen LogP contribution in [-0.4, -0.2) is 24.7 Å². The summed E-state index contributed by atoms with van der Waals surface area (Å²) in [6, 6.07) is 16.3. The molecule has 2 aromatic rings. The van der Waals surface area contributed by atoms with Crippen molar-refractivity contribution < 1.29 is 14.6 Å². The number of benzene rings is 2. The molecule has 2 atom stereocenters. The lowest BCUT2D eigenvalue weighted by Gasteiger charge is -2.16. The number of aliphatic hydroxyl groups excluding tert-OH is 1. The van der Waals surface area contributed by atoms with E-state index in [0.29, 0.717) is 11.3 Å². The molecule has 0 aliphatic carbocycles. The number of methoxy groups -OCH3 is 1. The zero-order chi connectivity index (χ0) is 16.7. The lowest BCUT2D eigenvalue weighted by Crippen LogP contribution is -2.31.